The lowest BCUT2D eigenvalue weighted by Crippen LogP contribution is -2.50. The quantitative estimate of drug-likeness (QED) is 0.924. The molecule has 1 aromatic heterocycles. The number of piperazine rings is 1. The van der Waals surface area contributed by atoms with Crippen LogP contribution in [0.15, 0.2) is 30.3 Å². The van der Waals surface area contributed by atoms with E-state index in [0.717, 1.165) is 5.82 Å². The van der Waals surface area contributed by atoms with Crippen molar-refractivity contribution in [3.05, 3.63) is 42.0 Å². The molecule has 8 heteroatoms. The van der Waals surface area contributed by atoms with Gasteiger partial charge in [-0.2, -0.15) is 4.98 Å². The van der Waals surface area contributed by atoms with Crippen molar-refractivity contribution in [3.63, 3.8) is 0 Å². The first-order valence-corrected chi connectivity index (χ1v) is 8.01. The average Bonchev–Trinajstić information content (AvgIpc) is 2.63. The molecule has 0 bridgehead atoms. The Morgan fingerprint density at radius 3 is 2.48 bits per heavy atom. The number of aromatic nitrogens is 2. The number of aryl methyl sites for hydroxylation is 1. The van der Waals surface area contributed by atoms with Crippen LogP contribution < -0.4 is 15.0 Å². The molecule has 1 N–H and O–H groups in total. The fourth-order valence-electron chi connectivity index (χ4n) is 2.67. The SMILES string of the molecule is COc1cc(N2CCN(C(=O)Nc3ccc(F)cc3)CC2)nc(C)n1. The largest absolute Gasteiger partial charge is 0.481 e. The summed E-state index contributed by atoms with van der Waals surface area (Å²) in [7, 11) is 1.57. The van der Waals surface area contributed by atoms with E-state index in [0.29, 0.717) is 43.6 Å². The summed E-state index contributed by atoms with van der Waals surface area (Å²) < 4.78 is 18.1. The van der Waals surface area contributed by atoms with Gasteiger partial charge in [0.2, 0.25) is 5.88 Å². The number of nitrogens with one attached hydrogen (secondary N) is 1. The molecule has 7 nitrogen and oxygen atoms in total. The van der Waals surface area contributed by atoms with Gasteiger partial charge in [-0.15, -0.1) is 0 Å². The maximum Gasteiger partial charge on any atom is 0.321 e. The van der Waals surface area contributed by atoms with E-state index in [1.807, 2.05) is 6.92 Å². The molecule has 0 saturated carbocycles. The standard InChI is InChI=1S/C17H20FN5O2/c1-12-19-15(11-16(20-12)25-2)22-7-9-23(10-8-22)17(24)21-14-5-3-13(18)4-6-14/h3-6,11H,7-10H2,1-2H3,(H,21,24). The van der Waals surface area contributed by atoms with Crippen LogP contribution in [-0.4, -0.2) is 54.2 Å². The van der Waals surface area contributed by atoms with Crippen molar-refractivity contribution in [1.82, 2.24) is 14.9 Å². The first kappa shape index (κ1) is 16.9. The van der Waals surface area contributed by atoms with Crippen LogP contribution in [0.4, 0.5) is 20.7 Å². The monoisotopic (exact) mass is 345 g/mol. The van der Waals surface area contributed by atoms with Crippen LogP contribution in [0, 0.1) is 12.7 Å². The minimum Gasteiger partial charge on any atom is -0.481 e. The predicted octanol–water partition coefficient (Wildman–Crippen LogP) is 2.29. The molecule has 0 atom stereocenters. The normalized spacial score (nSPS) is 14.4. The smallest absolute Gasteiger partial charge is 0.321 e. The molecule has 25 heavy (non-hydrogen) atoms. The Labute approximate surface area is 145 Å². The van der Waals surface area contributed by atoms with Crippen molar-refractivity contribution in [2.45, 2.75) is 6.92 Å². The number of urea groups is 1. The van der Waals surface area contributed by atoms with Crippen LogP contribution in [-0.2, 0) is 0 Å². The fraction of sp³-hybridized carbons (Fsp3) is 0.353. The summed E-state index contributed by atoms with van der Waals surface area (Å²) in [6.07, 6.45) is 0. The average molecular weight is 345 g/mol. The molecule has 0 aliphatic carbocycles. The van der Waals surface area contributed by atoms with Gasteiger partial charge in [0.15, 0.2) is 0 Å². The summed E-state index contributed by atoms with van der Waals surface area (Å²) in [4.78, 5) is 24.7. The highest BCUT2D eigenvalue weighted by Gasteiger charge is 2.22. The second-order valence-electron chi connectivity index (χ2n) is 5.73. The molecule has 1 fully saturated rings. The van der Waals surface area contributed by atoms with E-state index in [9.17, 15) is 9.18 Å². The van der Waals surface area contributed by atoms with Crippen LogP contribution in [0.5, 0.6) is 5.88 Å². The van der Waals surface area contributed by atoms with Gasteiger partial charge in [-0.3, -0.25) is 0 Å². The minimum absolute atomic E-state index is 0.192. The Kier molecular flexibility index (Phi) is 4.97. The first-order chi connectivity index (χ1) is 12.0. The van der Waals surface area contributed by atoms with E-state index in [-0.39, 0.29) is 11.8 Å². The summed E-state index contributed by atoms with van der Waals surface area (Å²) in [6, 6.07) is 7.32. The molecule has 3 rings (SSSR count). The molecule has 0 radical (unpaired) electrons. The number of methoxy groups -OCH3 is 1. The van der Waals surface area contributed by atoms with Gasteiger partial charge < -0.3 is 19.9 Å². The van der Waals surface area contributed by atoms with Gasteiger partial charge in [-0.05, 0) is 31.2 Å². The summed E-state index contributed by atoms with van der Waals surface area (Å²) in [5.41, 5.74) is 0.574. The maximum absolute atomic E-state index is 12.9. The van der Waals surface area contributed by atoms with E-state index >= 15 is 0 Å². The molecule has 1 saturated heterocycles. The van der Waals surface area contributed by atoms with E-state index in [4.69, 9.17) is 4.74 Å². The van der Waals surface area contributed by atoms with Gasteiger partial charge in [-0.1, -0.05) is 0 Å². The number of carbonyl (C=O) groups is 1. The Bertz CT molecular complexity index is 745. The summed E-state index contributed by atoms with van der Waals surface area (Å²) >= 11 is 0. The lowest BCUT2D eigenvalue weighted by atomic mass is 10.3. The molecule has 0 spiro atoms. The van der Waals surface area contributed by atoms with Crippen molar-refractivity contribution in [1.29, 1.82) is 0 Å². The third-order valence-electron chi connectivity index (χ3n) is 4.00. The molecule has 1 aliphatic rings. The number of rotatable bonds is 3. The van der Waals surface area contributed by atoms with Gasteiger partial charge in [0.1, 0.15) is 17.5 Å². The number of halogens is 1. The summed E-state index contributed by atoms with van der Waals surface area (Å²) in [5, 5.41) is 2.78. The molecule has 2 amide bonds. The Morgan fingerprint density at radius 1 is 1.16 bits per heavy atom. The van der Waals surface area contributed by atoms with Crippen molar-refractivity contribution in [2.24, 2.45) is 0 Å². The van der Waals surface area contributed by atoms with Crippen LogP contribution in [0.2, 0.25) is 0 Å². The zero-order valence-electron chi connectivity index (χ0n) is 14.2. The number of hydrogen-bond acceptors (Lipinski definition) is 5. The topological polar surface area (TPSA) is 70.6 Å². The van der Waals surface area contributed by atoms with Crippen molar-refractivity contribution in [3.8, 4) is 5.88 Å². The highest BCUT2D eigenvalue weighted by molar-refractivity contribution is 5.89. The molecule has 1 aromatic carbocycles. The zero-order valence-corrected chi connectivity index (χ0v) is 14.2. The fourth-order valence-corrected chi connectivity index (χ4v) is 2.67. The molecule has 2 heterocycles. The third-order valence-corrected chi connectivity index (χ3v) is 4.00. The summed E-state index contributed by atoms with van der Waals surface area (Å²) in [6.45, 7) is 4.28. The number of hydrogen-bond donors (Lipinski definition) is 1. The van der Waals surface area contributed by atoms with E-state index < -0.39 is 0 Å². The van der Waals surface area contributed by atoms with Crippen LogP contribution >= 0.6 is 0 Å². The van der Waals surface area contributed by atoms with Crippen molar-refractivity contribution in [2.75, 3.05) is 43.5 Å². The number of nitrogens with zero attached hydrogens (tertiary/aromatic N) is 4. The number of ether oxygens (including phenoxy) is 1. The Morgan fingerprint density at radius 2 is 1.84 bits per heavy atom. The second-order valence-corrected chi connectivity index (χ2v) is 5.73. The van der Waals surface area contributed by atoms with Crippen molar-refractivity contribution < 1.29 is 13.9 Å². The number of carbonyl (C=O) groups excluding carboxylic acids is 1. The number of benzene rings is 1. The van der Waals surface area contributed by atoms with Crippen LogP contribution in [0.25, 0.3) is 0 Å². The Balaban J connectivity index is 1.58. The lowest BCUT2D eigenvalue weighted by molar-refractivity contribution is 0.208. The maximum atomic E-state index is 12.9. The van der Waals surface area contributed by atoms with E-state index in [1.54, 1.807) is 30.2 Å². The van der Waals surface area contributed by atoms with Crippen molar-refractivity contribution >= 4 is 17.5 Å². The number of amides is 2. The molecule has 2 aromatic rings. The van der Waals surface area contributed by atoms with Gasteiger partial charge in [-0.25, -0.2) is 14.2 Å². The highest BCUT2D eigenvalue weighted by Crippen LogP contribution is 2.19. The third kappa shape index (κ3) is 4.14. The molecule has 0 unspecified atom stereocenters. The lowest BCUT2D eigenvalue weighted by Gasteiger charge is -2.35. The Hall–Kier alpha value is -2.90. The van der Waals surface area contributed by atoms with Gasteiger partial charge >= 0.3 is 6.03 Å². The number of anilines is 2. The molecule has 1 aliphatic heterocycles. The molecular formula is C17H20FN5O2. The van der Waals surface area contributed by atoms with E-state index in [1.165, 1.54) is 12.1 Å². The van der Waals surface area contributed by atoms with Gasteiger partial charge in [0, 0.05) is 37.9 Å². The van der Waals surface area contributed by atoms with Gasteiger partial charge in [0.25, 0.3) is 0 Å². The zero-order chi connectivity index (χ0) is 17.8. The van der Waals surface area contributed by atoms with Crippen LogP contribution in [0.3, 0.4) is 0 Å². The molecular weight excluding hydrogens is 325 g/mol. The highest BCUT2D eigenvalue weighted by atomic mass is 19.1. The van der Waals surface area contributed by atoms with E-state index in [2.05, 4.69) is 20.2 Å². The van der Waals surface area contributed by atoms with Crippen LogP contribution in [0.1, 0.15) is 5.82 Å². The first-order valence-electron chi connectivity index (χ1n) is 8.01. The minimum atomic E-state index is -0.331. The predicted molar refractivity (Wildman–Crippen MR) is 92.5 cm³/mol. The molecule has 132 valence electrons. The second kappa shape index (κ2) is 7.33. The summed E-state index contributed by atoms with van der Waals surface area (Å²) in [5.74, 6) is 1.63. The van der Waals surface area contributed by atoms with Gasteiger partial charge in [0.05, 0.1) is 7.11 Å².